The zero-order chi connectivity index (χ0) is 13.8. The first-order chi connectivity index (χ1) is 9.10. The lowest BCUT2D eigenvalue weighted by Gasteiger charge is -2.32. The van der Waals surface area contributed by atoms with Gasteiger partial charge in [0.25, 0.3) is 0 Å². The topological polar surface area (TPSA) is 21.7 Å². The molecule has 106 valence electrons. The number of benzene rings is 1. The van der Waals surface area contributed by atoms with Crippen LogP contribution in [-0.4, -0.2) is 44.4 Å². The standard InChI is InChI=1S/C13H16F3NO2/c1-18-8-10-7-17(2-3-19-10)6-9-4-12(15)13(16)5-11(9)14/h4-5,10H,2-3,6-8H2,1H3. The van der Waals surface area contributed by atoms with Gasteiger partial charge in [0.1, 0.15) is 5.82 Å². The van der Waals surface area contributed by atoms with E-state index in [1.807, 2.05) is 4.90 Å². The molecule has 1 saturated heterocycles. The summed E-state index contributed by atoms with van der Waals surface area (Å²) in [6, 6.07) is 1.49. The fourth-order valence-corrected chi connectivity index (χ4v) is 2.14. The van der Waals surface area contributed by atoms with E-state index in [1.54, 1.807) is 7.11 Å². The van der Waals surface area contributed by atoms with E-state index in [9.17, 15) is 13.2 Å². The zero-order valence-corrected chi connectivity index (χ0v) is 10.7. The number of methoxy groups -OCH3 is 1. The Labute approximate surface area is 109 Å². The van der Waals surface area contributed by atoms with Crippen molar-refractivity contribution in [3.05, 3.63) is 35.1 Å². The van der Waals surface area contributed by atoms with Gasteiger partial charge >= 0.3 is 0 Å². The molecule has 1 heterocycles. The molecule has 0 N–H and O–H groups in total. The Morgan fingerprint density at radius 2 is 2.00 bits per heavy atom. The van der Waals surface area contributed by atoms with Crippen LogP contribution in [0.4, 0.5) is 13.2 Å². The normalized spacial score (nSPS) is 20.7. The van der Waals surface area contributed by atoms with E-state index in [1.165, 1.54) is 0 Å². The van der Waals surface area contributed by atoms with Gasteiger partial charge in [-0.05, 0) is 6.07 Å². The molecule has 19 heavy (non-hydrogen) atoms. The molecule has 6 heteroatoms. The number of hydrogen-bond acceptors (Lipinski definition) is 3. The molecular weight excluding hydrogens is 259 g/mol. The van der Waals surface area contributed by atoms with E-state index in [0.717, 1.165) is 6.07 Å². The second-order valence-electron chi connectivity index (χ2n) is 4.54. The molecule has 1 unspecified atom stereocenters. The minimum Gasteiger partial charge on any atom is -0.382 e. The van der Waals surface area contributed by atoms with Gasteiger partial charge in [-0.1, -0.05) is 0 Å². The number of halogens is 3. The van der Waals surface area contributed by atoms with Crippen molar-refractivity contribution in [3.8, 4) is 0 Å². The lowest BCUT2D eigenvalue weighted by molar-refractivity contribution is -0.0633. The predicted octanol–water partition coefficient (Wildman–Crippen LogP) is 1.95. The van der Waals surface area contributed by atoms with Crippen LogP contribution in [0.2, 0.25) is 0 Å². The fraction of sp³-hybridized carbons (Fsp3) is 0.538. The van der Waals surface area contributed by atoms with Crippen LogP contribution in [0.3, 0.4) is 0 Å². The highest BCUT2D eigenvalue weighted by Crippen LogP contribution is 2.17. The van der Waals surface area contributed by atoms with E-state index >= 15 is 0 Å². The first-order valence-corrected chi connectivity index (χ1v) is 6.06. The molecule has 0 aliphatic carbocycles. The zero-order valence-electron chi connectivity index (χ0n) is 10.7. The monoisotopic (exact) mass is 275 g/mol. The Hall–Kier alpha value is -1.11. The second-order valence-corrected chi connectivity index (χ2v) is 4.54. The van der Waals surface area contributed by atoms with Gasteiger partial charge in [-0.15, -0.1) is 0 Å². The summed E-state index contributed by atoms with van der Waals surface area (Å²) in [5.41, 5.74) is 0.150. The number of hydrogen-bond donors (Lipinski definition) is 0. The third-order valence-corrected chi connectivity index (χ3v) is 3.06. The van der Waals surface area contributed by atoms with Gasteiger partial charge in [0, 0.05) is 38.4 Å². The summed E-state index contributed by atoms with van der Waals surface area (Å²) in [5.74, 6) is -2.92. The molecule has 1 aromatic carbocycles. The van der Waals surface area contributed by atoms with Crippen LogP contribution in [0, 0.1) is 17.5 Å². The Bertz CT molecular complexity index is 440. The molecule has 0 amide bonds. The van der Waals surface area contributed by atoms with Crippen LogP contribution >= 0.6 is 0 Å². The van der Waals surface area contributed by atoms with E-state index < -0.39 is 17.5 Å². The van der Waals surface area contributed by atoms with Crippen molar-refractivity contribution in [2.45, 2.75) is 12.6 Å². The minimum absolute atomic E-state index is 0.0768. The summed E-state index contributed by atoms with van der Waals surface area (Å²) in [7, 11) is 1.58. The van der Waals surface area contributed by atoms with Crippen LogP contribution in [0.25, 0.3) is 0 Å². The molecule has 0 radical (unpaired) electrons. The molecule has 0 saturated carbocycles. The fourth-order valence-electron chi connectivity index (χ4n) is 2.14. The summed E-state index contributed by atoms with van der Waals surface area (Å²) in [5, 5.41) is 0. The molecular formula is C13H16F3NO2. The number of nitrogens with zero attached hydrogens (tertiary/aromatic N) is 1. The van der Waals surface area contributed by atoms with Crippen molar-refractivity contribution in [1.82, 2.24) is 4.90 Å². The average molecular weight is 275 g/mol. The third kappa shape index (κ3) is 3.68. The third-order valence-electron chi connectivity index (χ3n) is 3.06. The van der Waals surface area contributed by atoms with Crippen LogP contribution in [0.5, 0.6) is 0 Å². The van der Waals surface area contributed by atoms with Gasteiger partial charge < -0.3 is 9.47 Å². The van der Waals surface area contributed by atoms with Crippen LogP contribution < -0.4 is 0 Å². The molecule has 1 aromatic rings. The van der Waals surface area contributed by atoms with Crippen LogP contribution in [0.1, 0.15) is 5.56 Å². The maximum absolute atomic E-state index is 13.5. The van der Waals surface area contributed by atoms with E-state index in [2.05, 4.69) is 0 Å². The lowest BCUT2D eigenvalue weighted by atomic mass is 10.1. The lowest BCUT2D eigenvalue weighted by Crippen LogP contribution is -2.43. The van der Waals surface area contributed by atoms with Crippen molar-refractivity contribution >= 4 is 0 Å². The molecule has 1 aliphatic heterocycles. The van der Waals surface area contributed by atoms with Gasteiger partial charge in [-0.2, -0.15) is 0 Å². The van der Waals surface area contributed by atoms with Gasteiger partial charge in [-0.3, -0.25) is 4.90 Å². The van der Waals surface area contributed by atoms with Gasteiger partial charge in [0.05, 0.1) is 19.3 Å². The first kappa shape index (κ1) is 14.3. The van der Waals surface area contributed by atoms with E-state index in [0.29, 0.717) is 32.4 Å². The smallest absolute Gasteiger partial charge is 0.161 e. The van der Waals surface area contributed by atoms with Gasteiger partial charge in [-0.25, -0.2) is 13.2 Å². The molecule has 0 bridgehead atoms. The van der Waals surface area contributed by atoms with Crippen molar-refractivity contribution in [2.24, 2.45) is 0 Å². The highest BCUT2D eigenvalue weighted by molar-refractivity contribution is 5.20. The van der Waals surface area contributed by atoms with Crippen molar-refractivity contribution < 1.29 is 22.6 Å². The SMILES string of the molecule is COCC1CN(Cc2cc(F)c(F)cc2F)CCO1. The summed E-state index contributed by atoms with van der Waals surface area (Å²) < 4.78 is 50.0. The number of rotatable bonds is 4. The molecule has 0 spiro atoms. The molecule has 0 aromatic heterocycles. The first-order valence-electron chi connectivity index (χ1n) is 6.06. The van der Waals surface area contributed by atoms with E-state index in [4.69, 9.17) is 9.47 Å². The quantitative estimate of drug-likeness (QED) is 0.784. The second kappa shape index (κ2) is 6.36. The summed E-state index contributed by atoms with van der Waals surface area (Å²) >= 11 is 0. The minimum atomic E-state index is -1.17. The summed E-state index contributed by atoms with van der Waals surface area (Å²) in [6.45, 7) is 2.40. The number of morpholine rings is 1. The van der Waals surface area contributed by atoms with Crippen molar-refractivity contribution in [1.29, 1.82) is 0 Å². The van der Waals surface area contributed by atoms with Gasteiger partial charge in [0.2, 0.25) is 0 Å². The maximum Gasteiger partial charge on any atom is 0.161 e. The highest BCUT2D eigenvalue weighted by Gasteiger charge is 2.21. The predicted molar refractivity (Wildman–Crippen MR) is 63.2 cm³/mol. The van der Waals surface area contributed by atoms with Crippen LogP contribution in [0.15, 0.2) is 12.1 Å². The molecule has 1 atom stereocenters. The molecule has 3 nitrogen and oxygen atoms in total. The van der Waals surface area contributed by atoms with E-state index in [-0.39, 0.29) is 18.2 Å². The summed E-state index contributed by atoms with van der Waals surface area (Å²) in [6.07, 6.45) is -0.0768. The largest absolute Gasteiger partial charge is 0.382 e. The Morgan fingerprint density at radius 3 is 2.74 bits per heavy atom. The summed E-state index contributed by atoms with van der Waals surface area (Å²) in [4.78, 5) is 1.93. The number of ether oxygens (including phenoxy) is 2. The Morgan fingerprint density at radius 1 is 1.26 bits per heavy atom. The average Bonchev–Trinajstić information content (AvgIpc) is 2.37. The van der Waals surface area contributed by atoms with Gasteiger partial charge in [0.15, 0.2) is 11.6 Å². The highest BCUT2D eigenvalue weighted by atomic mass is 19.2. The molecule has 1 fully saturated rings. The van der Waals surface area contributed by atoms with Crippen molar-refractivity contribution in [2.75, 3.05) is 33.4 Å². The Kier molecular flexibility index (Phi) is 4.79. The maximum atomic E-state index is 13.5. The molecule has 2 rings (SSSR count). The van der Waals surface area contributed by atoms with Crippen molar-refractivity contribution in [3.63, 3.8) is 0 Å². The Balaban J connectivity index is 2.02. The molecule has 1 aliphatic rings. The van der Waals surface area contributed by atoms with Crippen LogP contribution in [-0.2, 0) is 16.0 Å².